The Morgan fingerprint density at radius 2 is 1.85 bits per heavy atom. The van der Waals surface area contributed by atoms with Gasteiger partial charge in [-0.3, -0.25) is 4.99 Å². The highest BCUT2D eigenvalue weighted by molar-refractivity contribution is 8.14. The lowest BCUT2D eigenvalue weighted by atomic mass is 10.1. The van der Waals surface area contributed by atoms with Gasteiger partial charge in [-0.25, -0.2) is 12.8 Å². The van der Waals surface area contributed by atoms with Crippen molar-refractivity contribution in [2.75, 3.05) is 28.8 Å². The number of hydrogen-bond acceptors (Lipinski definition) is 6. The Kier molecular flexibility index (Phi) is 5.10. The number of rotatable bonds is 5. The molecule has 2 aliphatic rings. The lowest BCUT2D eigenvalue weighted by Gasteiger charge is -2.26. The van der Waals surface area contributed by atoms with Crippen molar-refractivity contribution in [2.45, 2.75) is 12.1 Å². The minimum Gasteiger partial charge on any atom is -0.493 e. The minimum atomic E-state index is -3.15. The molecule has 2 heterocycles. The van der Waals surface area contributed by atoms with Gasteiger partial charge in [0, 0.05) is 5.75 Å². The summed E-state index contributed by atoms with van der Waals surface area (Å²) in [6.07, 6.45) is 0. The van der Waals surface area contributed by atoms with E-state index in [0.29, 0.717) is 23.2 Å². The number of hydrogen-bond donors (Lipinski definition) is 0. The van der Waals surface area contributed by atoms with Gasteiger partial charge in [-0.05, 0) is 24.3 Å². The number of aliphatic imine (C=N–C) groups is 1. The molecule has 142 valence electrons. The molecule has 8 heteroatoms. The Labute approximate surface area is 162 Å². The molecule has 2 aliphatic heterocycles. The lowest BCUT2D eigenvalue weighted by molar-refractivity contribution is 0.344. The third-order valence-electron chi connectivity index (χ3n) is 4.55. The largest absolute Gasteiger partial charge is 0.493 e. The monoisotopic (exact) mass is 406 g/mol. The molecule has 27 heavy (non-hydrogen) atoms. The molecular formula is C19H19FN2O3S2. The van der Waals surface area contributed by atoms with Crippen molar-refractivity contribution in [3.8, 4) is 5.75 Å². The van der Waals surface area contributed by atoms with Crippen molar-refractivity contribution < 1.29 is 17.5 Å². The molecule has 4 rings (SSSR count). The fourth-order valence-electron chi connectivity index (χ4n) is 3.37. The van der Waals surface area contributed by atoms with Crippen molar-refractivity contribution in [2.24, 2.45) is 4.99 Å². The molecule has 0 bridgehead atoms. The Hall–Kier alpha value is -2.06. The van der Waals surface area contributed by atoms with E-state index in [2.05, 4.69) is 4.99 Å². The summed E-state index contributed by atoms with van der Waals surface area (Å²) in [6, 6.07) is 15.2. The van der Waals surface area contributed by atoms with Crippen LogP contribution in [0.5, 0.6) is 5.75 Å². The number of sulfone groups is 1. The number of amidine groups is 1. The summed E-state index contributed by atoms with van der Waals surface area (Å²) in [6.45, 7) is 0.479. The number of anilines is 1. The summed E-state index contributed by atoms with van der Waals surface area (Å²) < 4.78 is 44.1. The normalized spacial score (nSPS) is 23.1. The van der Waals surface area contributed by atoms with Crippen LogP contribution in [0.25, 0.3) is 0 Å². The number of fused-ring (bicyclic) bond motifs is 1. The lowest BCUT2D eigenvalue weighted by Crippen LogP contribution is -2.39. The van der Waals surface area contributed by atoms with E-state index in [1.165, 1.54) is 17.8 Å². The number of thioether (sulfide) groups is 1. The van der Waals surface area contributed by atoms with Crippen LogP contribution in [0.15, 0.2) is 59.6 Å². The highest BCUT2D eigenvalue weighted by Gasteiger charge is 2.47. The first-order valence-electron chi connectivity index (χ1n) is 8.66. The van der Waals surface area contributed by atoms with Gasteiger partial charge in [0.1, 0.15) is 11.6 Å². The number of benzene rings is 2. The second-order valence-electron chi connectivity index (χ2n) is 6.45. The topological polar surface area (TPSA) is 59.0 Å². The van der Waals surface area contributed by atoms with Crippen molar-refractivity contribution in [1.82, 2.24) is 0 Å². The molecule has 0 aromatic heterocycles. The zero-order chi connectivity index (χ0) is 18.9. The van der Waals surface area contributed by atoms with Crippen molar-refractivity contribution in [3.05, 3.63) is 60.4 Å². The zero-order valence-electron chi connectivity index (χ0n) is 14.5. The van der Waals surface area contributed by atoms with Crippen molar-refractivity contribution in [3.63, 3.8) is 0 Å². The molecule has 0 N–H and O–H groups in total. The summed E-state index contributed by atoms with van der Waals surface area (Å²) in [4.78, 5) is 6.34. The van der Waals surface area contributed by atoms with Gasteiger partial charge in [-0.15, -0.1) is 0 Å². The van der Waals surface area contributed by atoms with Gasteiger partial charge >= 0.3 is 0 Å². The van der Waals surface area contributed by atoms with Crippen LogP contribution in [0, 0.1) is 5.82 Å². The van der Waals surface area contributed by atoms with Crippen molar-refractivity contribution >= 4 is 32.5 Å². The Bertz CT molecular complexity index is 950. The van der Waals surface area contributed by atoms with Crippen LogP contribution in [-0.2, 0) is 9.84 Å². The standard InChI is InChI=1S/C19H19FN2O3S2/c20-15-8-4-5-9-17(15)22-18-13-27(23,24)12-16(18)21-19(22)26-11-10-25-14-6-2-1-3-7-14/h1-9,16,18H,10-13H2/t16-,18-/m1/s1. The van der Waals surface area contributed by atoms with E-state index < -0.39 is 9.84 Å². The van der Waals surface area contributed by atoms with Gasteiger partial charge in [0.2, 0.25) is 0 Å². The molecular weight excluding hydrogens is 387 g/mol. The van der Waals surface area contributed by atoms with Crippen LogP contribution in [-0.4, -0.2) is 49.5 Å². The van der Waals surface area contributed by atoms with Gasteiger partial charge in [-0.2, -0.15) is 0 Å². The Balaban J connectivity index is 1.49. The van der Waals surface area contributed by atoms with E-state index in [0.717, 1.165) is 5.75 Å². The molecule has 0 unspecified atom stereocenters. The van der Waals surface area contributed by atoms with Crippen LogP contribution in [0.3, 0.4) is 0 Å². The molecule has 2 atom stereocenters. The van der Waals surface area contributed by atoms with E-state index >= 15 is 0 Å². The highest BCUT2D eigenvalue weighted by atomic mass is 32.2. The van der Waals surface area contributed by atoms with Crippen LogP contribution < -0.4 is 9.64 Å². The van der Waals surface area contributed by atoms with Gasteiger partial charge in [0.25, 0.3) is 0 Å². The summed E-state index contributed by atoms with van der Waals surface area (Å²) >= 11 is 1.46. The van der Waals surface area contributed by atoms with E-state index in [4.69, 9.17) is 4.74 Å². The second-order valence-corrected chi connectivity index (χ2v) is 9.67. The first kappa shape index (κ1) is 18.3. The zero-order valence-corrected chi connectivity index (χ0v) is 16.1. The van der Waals surface area contributed by atoms with Gasteiger partial charge in [-0.1, -0.05) is 42.1 Å². The maximum atomic E-state index is 14.4. The number of nitrogens with zero attached hydrogens (tertiary/aromatic N) is 2. The average molecular weight is 407 g/mol. The van der Waals surface area contributed by atoms with Crippen LogP contribution in [0.2, 0.25) is 0 Å². The average Bonchev–Trinajstić information content (AvgIpc) is 3.11. The molecule has 0 spiro atoms. The number of para-hydroxylation sites is 2. The second kappa shape index (κ2) is 7.52. The van der Waals surface area contributed by atoms with E-state index in [9.17, 15) is 12.8 Å². The van der Waals surface area contributed by atoms with Gasteiger partial charge < -0.3 is 9.64 Å². The summed E-state index contributed by atoms with van der Waals surface area (Å²) in [5, 5.41) is 0.654. The van der Waals surface area contributed by atoms with Crippen LogP contribution in [0.4, 0.5) is 10.1 Å². The first-order valence-corrected chi connectivity index (χ1v) is 11.5. The summed E-state index contributed by atoms with van der Waals surface area (Å²) in [7, 11) is -3.15. The predicted molar refractivity (Wildman–Crippen MR) is 107 cm³/mol. The third kappa shape index (κ3) is 3.96. The van der Waals surface area contributed by atoms with E-state index in [-0.39, 0.29) is 29.4 Å². The molecule has 0 amide bonds. The number of ether oxygens (including phenoxy) is 1. The Morgan fingerprint density at radius 1 is 1.11 bits per heavy atom. The molecule has 1 saturated heterocycles. The SMILES string of the molecule is O=S1(=O)C[C@@H]2[C@@H](C1)N=C(SCCOc1ccccc1)N2c1ccccc1F. The predicted octanol–water partition coefficient (Wildman–Crippen LogP) is 2.98. The van der Waals surface area contributed by atoms with E-state index in [1.54, 1.807) is 23.1 Å². The quantitative estimate of drug-likeness (QED) is 0.715. The molecule has 5 nitrogen and oxygen atoms in total. The molecule has 0 radical (unpaired) electrons. The molecule has 1 fully saturated rings. The molecule has 2 aromatic carbocycles. The smallest absolute Gasteiger partial charge is 0.164 e. The molecule has 0 aliphatic carbocycles. The van der Waals surface area contributed by atoms with Crippen LogP contribution in [0.1, 0.15) is 0 Å². The maximum Gasteiger partial charge on any atom is 0.164 e. The fraction of sp³-hybridized carbons (Fsp3) is 0.316. The van der Waals surface area contributed by atoms with Crippen molar-refractivity contribution in [1.29, 1.82) is 0 Å². The maximum absolute atomic E-state index is 14.4. The van der Waals surface area contributed by atoms with Gasteiger partial charge in [0.15, 0.2) is 15.0 Å². The van der Waals surface area contributed by atoms with E-state index in [1.807, 2.05) is 30.3 Å². The molecule has 0 saturated carbocycles. The third-order valence-corrected chi connectivity index (χ3v) is 7.18. The highest BCUT2D eigenvalue weighted by Crippen LogP contribution is 2.36. The summed E-state index contributed by atoms with van der Waals surface area (Å²) in [5.74, 6) is 1.06. The van der Waals surface area contributed by atoms with Crippen LogP contribution >= 0.6 is 11.8 Å². The fourth-order valence-corrected chi connectivity index (χ4v) is 6.15. The van der Waals surface area contributed by atoms with Gasteiger partial charge in [0.05, 0.1) is 35.9 Å². The molecule has 2 aromatic rings. The minimum absolute atomic E-state index is 0.0000757. The summed E-state index contributed by atoms with van der Waals surface area (Å²) in [5.41, 5.74) is 0.373. The number of halogens is 1. The Morgan fingerprint density at radius 3 is 2.63 bits per heavy atom. The first-order chi connectivity index (χ1) is 13.0.